The second kappa shape index (κ2) is 13.5. The SMILES string of the molecule is Cc1nn(C2CCCCO2)c2nc(-c3ccc(OCc4ccccc4)cc3F)cc(C(=O)N3CCN(Cc4ccccc4)CC3(C)C)c12. The Kier molecular flexibility index (Phi) is 8.98. The summed E-state index contributed by atoms with van der Waals surface area (Å²) in [5, 5.41) is 5.54. The highest BCUT2D eigenvalue weighted by atomic mass is 19.1. The molecule has 248 valence electrons. The number of benzene rings is 3. The van der Waals surface area contributed by atoms with Crippen molar-refractivity contribution in [1.82, 2.24) is 24.6 Å². The van der Waals surface area contributed by atoms with Crippen LogP contribution in [0.5, 0.6) is 5.75 Å². The summed E-state index contributed by atoms with van der Waals surface area (Å²) >= 11 is 0. The number of nitrogens with zero attached hydrogens (tertiary/aromatic N) is 5. The first-order valence-electron chi connectivity index (χ1n) is 16.8. The molecule has 2 fully saturated rings. The van der Waals surface area contributed by atoms with Crippen molar-refractivity contribution in [3.63, 3.8) is 0 Å². The Hall–Kier alpha value is -4.60. The van der Waals surface area contributed by atoms with Crippen LogP contribution in [0.15, 0.2) is 84.9 Å². The molecule has 9 heteroatoms. The van der Waals surface area contributed by atoms with E-state index < -0.39 is 11.4 Å². The van der Waals surface area contributed by atoms with Crippen LogP contribution in [0.3, 0.4) is 0 Å². The molecule has 0 saturated carbocycles. The number of halogens is 1. The fraction of sp³-hybridized carbons (Fsp3) is 0.359. The van der Waals surface area contributed by atoms with Gasteiger partial charge in [-0.1, -0.05) is 60.7 Å². The van der Waals surface area contributed by atoms with Gasteiger partial charge >= 0.3 is 0 Å². The summed E-state index contributed by atoms with van der Waals surface area (Å²) in [5.74, 6) is -0.162. The molecule has 48 heavy (non-hydrogen) atoms. The fourth-order valence-corrected chi connectivity index (χ4v) is 7.03. The molecule has 0 radical (unpaired) electrons. The van der Waals surface area contributed by atoms with E-state index in [4.69, 9.17) is 19.6 Å². The molecule has 8 nitrogen and oxygen atoms in total. The molecular weight excluding hydrogens is 605 g/mol. The third kappa shape index (κ3) is 6.57. The van der Waals surface area contributed by atoms with Crippen molar-refractivity contribution in [2.45, 2.75) is 65.0 Å². The molecule has 1 amide bonds. The molecule has 0 bridgehead atoms. The third-order valence-corrected chi connectivity index (χ3v) is 9.44. The first-order chi connectivity index (χ1) is 23.3. The van der Waals surface area contributed by atoms with Gasteiger partial charge in [0.15, 0.2) is 11.9 Å². The Morgan fingerprint density at radius 2 is 1.73 bits per heavy atom. The molecule has 0 N–H and O–H groups in total. The summed E-state index contributed by atoms with van der Waals surface area (Å²) in [4.78, 5) is 24.0. The van der Waals surface area contributed by atoms with Crippen LogP contribution in [0.2, 0.25) is 0 Å². The van der Waals surface area contributed by atoms with Crippen LogP contribution in [-0.2, 0) is 17.9 Å². The quantitative estimate of drug-likeness (QED) is 0.173. The second-order valence-corrected chi connectivity index (χ2v) is 13.5. The minimum atomic E-state index is -0.475. The molecule has 1 unspecified atom stereocenters. The van der Waals surface area contributed by atoms with Gasteiger partial charge in [-0.3, -0.25) is 9.69 Å². The minimum Gasteiger partial charge on any atom is -0.489 e. The Balaban J connectivity index is 1.24. The number of hydrogen-bond donors (Lipinski definition) is 0. The summed E-state index contributed by atoms with van der Waals surface area (Å²) in [6.07, 6.45) is 2.50. The van der Waals surface area contributed by atoms with Crippen LogP contribution in [0.1, 0.15) is 66.5 Å². The minimum absolute atomic E-state index is 0.108. The van der Waals surface area contributed by atoms with Crippen LogP contribution >= 0.6 is 0 Å². The summed E-state index contributed by atoms with van der Waals surface area (Å²) < 4.78 is 29.7. The van der Waals surface area contributed by atoms with Gasteiger partial charge in [0.2, 0.25) is 0 Å². The Labute approximate surface area is 281 Å². The highest BCUT2D eigenvalue weighted by molar-refractivity contribution is 6.08. The summed E-state index contributed by atoms with van der Waals surface area (Å²) in [6, 6.07) is 26.7. The standard InChI is InChI=1S/C39H42FN5O3/c1-27-36-32(38(46)44-20-19-43(26-39(44,2)3)24-28-12-6-4-7-13-28)23-34(41-37(36)45(42-27)35-16-10-11-21-47-35)31-18-17-30(22-33(31)40)48-25-29-14-8-5-9-15-29/h4-9,12-15,17-18,22-23,35H,10-11,16,19-21,24-26H2,1-3H3. The van der Waals surface area contributed by atoms with E-state index in [9.17, 15) is 4.79 Å². The van der Waals surface area contributed by atoms with E-state index in [1.54, 1.807) is 22.9 Å². The first kappa shape index (κ1) is 32.0. The number of piperazine rings is 1. The molecule has 2 saturated heterocycles. The summed E-state index contributed by atoms with van der Waals surface area (Å²) in [7, 11) is 0. The first-order valence-corrected chi connectivity index (χ1v) is 16.8. The molecule has 2 aliphatic rings. The van der Waals surface area contributed by atoms with E-state index in [1.807, 2.05) is 48.2 Å². The van der Waals surface area contributed by atoms with Crippen LogP contribution < -0.4 is 4.74 Å². The zero-order valence-corrected chi connectivity index (χ0v) is 27.9. The average molecular weight is 648 g/mol. The number of pyridine rings is 1. The lowest BCUT2D eigenvalue weighted by Crippen LogP contribution is -2.60. The highest BCUT2D eigenvalue weighted by Crippen LogP contribution is 2.35. The zero-order valence-electron chi connectivity index (χ0n) is 27.9. The lowest BCUT2D eigenvalue weighted by Gasteiger charge is -2.47. The monoisotopic (exact) mass is 647 g/mol. The van der Waals surface area contributed by atoms with E-state index in [-0.39, 0.29) is 12.1 Å². The predicted octanol–water partition coefficient (Wildman–Crippen LogP) is 7.56. The third-order valence-electron chi connectivity index (χ3n) is 9.44. The van der Waals surface area contributed by atoms with E-state index in [2.05, 4.69) is 43.0 Å². The van der Waals surface area contributed by atoms with Crippen LogP contribution in [0.25, 0.3) is 22.3 Å². The number of aromatic nitrogens is 3. The molecule has 0 spiro atoms. The topological polar surface area (TPSA) is 72.7 Å². The van der Waals surface area contributed by atoms with Crippen molar-refractivity contribution in [3.05, 3.63) is 113 Å². The average Bonchev–Trinajstić information content (AvgIpc) is 3.43. The molecule has 2 aliphatic heterocycles. The molecular formula is C39H42FN5O3. The molecule has 0 aliphatic carbocycles. The van der Waals surface area contributed by atoms with Crippen LogP contribution in [0, 0.1) is 12.7 Å². The smallest absolute Gasteiger partial charge is 0.255 e. The molecule has 4 heterocycles. The normalized spacial score (nSPS) is 18.2. The Morgan fingerprint density at radius 1 is 0.979 bits per heavy atom. The molecule has 7 rings (SSSR count). The maximum Gasteiger partial charge on any atom is 0.255 e. The van der Waals surface area contributed by atoms with Crippen molar-refractivity contribution >= 4 is 16.9 Å². The van der Waals surface area contributed by atoms with Gasteiger partial charge < -0.3 is 14.4 Å². The molecule has 1 atom stereocenters. The number of amides is 1. The van der Waals surface area contributed by atoms with Crippen LogP contribution in [-0.4, -0.2) is 62.3 Å². The van der Waals surface area contributed by atoms with Gasteiger partial charge in [0.1, 0.15) is 18.2 Å². The Morgan fingerprint density at radius 3 is 2.42 bits per heavy atom. The lowest BCUT2D eigenvalue weighted by atomic mass is 9.95. The van der Waals surface area contributed by atoms with Gasteiger partial charge in [-0.15, -0.1) is 0 Å². The van der Waals surface area contributed by atoms with Gasteiger partial charge in [0.25, 0.3) is 5.91 Å². The maximum absolute atomic E-state index is 15.9. The molecule has 2 aromatic heterocycles. The second-order valence-electron chi connectivity index (χ2n) is 13.5. The van der Waals surface area contributed by atoms with Crippen molar-refractivity contribution < 1.29 is 18.7 Å². The van der Waals surface area contributed by atoms with Gasteiger partial charge in [0, 0.05) is 44.4 Å². The largest absolute Gasteiger partial charge is 0.489 e. The van der Waals surface area contributed by atoms with E-state index in [0.717, 1.165) is 44.5 Å². The van der Waals surface area contributed by atoms with E-state index in [0.29, 0.717) is 59.1 Å². The van der Waals surface area contributed by atoms with Gasteiger partial charge in [0.05, 0.1) is 27.9 Å². The predicted molar refractivity (Wildman–Crippen MR) is 184 cm³/mol. The number of ether oxygens (including phenoxy) is 2. The van der Waals surface area contributed by atoms with Gasteiger partial charge in [-0.2, -0.15) is 5.10 Å². The van der Waals surface area contributed by atoms with Gasteiger partial charge in [-0.25, -0.2) is 14.1 Å². The number of rotatable bonds is 8. The number of hydrogen-bond acceptors (Lipinski definition) is 6. The number of aryl methyl sites for hydroxylation is 1. The molecule has 5 aromatic rings. The number of fused-ring (bicyclic) bond motifs is 1. The summed E-state index contributed by atoms with van der Waals surface area (Å²) in [5.41, 5.74) is 4.17. The van der Waals surface area contributed by atoms with Gasteiger partial charge in [-0.05, 0) is 69.4 Å². The zero-order chi connectivity index (χ0) is 33.3. The highest BCUT2D eigenvalue weighted by Gasteiger charge is 2.38. The van der Waals surface area contributed by atoms with Crippen molar-refractivity contribution in [1.29, 1.82) is 0 Å². The van der Waals surface area contributed by atoms with E-state index in [1.165, 1.54) is 11.6 Å². The van der Waals surface area contributed by atoms with Crippen molar-refractivity contribution in [2.75, 3.05) is 26.2 Å². The van der Waals surface area contributed by atoms with Crippen molar-refractivity contribution in [2.24, 2.45) is 0 Å². The van der Waals surface area contributed by atoms with E-state index >= 15 is 4.39 Å². The Bertz CT molecular complexity index is 1900. The summed E-state index contributed by atoms with van der Waals surface area (Å²) in [6.45, 7) is 9.96. The fourth-order valence-electron chi connectivity index (χ4n) is 7.03. The number of carbonyl (C=O) groups excluding carboxylic acids is 1. The maximum atomic E-state index is 15.9. The number of carbonyl (C=O) groups is 1. The van der Waals surface area contributed by atoms with Crippen LogP contribution in [0.4, 0.5) is 4.39 Å². The molecule has 3 aromatic carbocycles. The lowest BCUT2D eigenvalue weighted by molar-refractivity contribution is -0.0371. The van der Waals surface area contributed by atoms with Crippen molar-refractivity contribution in [3.8, 4) is 17.0 Å².